The van der Waals surface area contributed by atoms with Crippen LogP contribution in [0.1, 0.15) is 36.0 Å². The fourth-order valence-electron chi connectivity index (χ4n) is 4.53. The second-order valence-electron chi connectivity index (χ2n) is 9.08. The van der Waals surface area contributed by atoms with Gasteiger partial charge in [-0.1, -0.05) is 78.9 Å². The first kappa shape index (κ1) is 30.1. The Morgan fingerprint density at radius 2 is 1.56 bits per heavy atom. The summed E-state index contributed by atoms with van der Waals surface area (Å²) < 4.78 is 39.3. The van der Waals surface area contributed by atoms with Crippen LogP contribution in [0.4, 0.5) is 18.9 Å². The molecule has 0 N–H and O–H groups in total. The number of rotatable bonds is 9. The number of carboxylic acid groups (broad SMARTS) is 1. The second kappa shape index (κ2) is 13.5. The van der Waals surface area contributed by atoms with E-state index in [2.05, 4.69) is 14.9 Å². The third-order valence-corrected chi connectivity index (χ3v) is 6.30. The molecule has 1 heterocycles. The van der Waals surface area contributed by atoms with Crippen molar-refractivity contribution < 1.29 is 44.7 Å². The van der Waals surface area contributed by atoms with Gasteiger partial charge in [0.1, 0.15) is 0 Å². The number of para-hydroxylation sites is 1. The molecule has 0 amide bonds. The quantitative estimate of drug-likeness (QED) is 0.220. The van der Waals surface area contributed by atoms with E-state index < -0.39 is 30.7 Å². The van der Waals surface area contributed by atoms with Crippen molar-refractivity contribution in [2.45, 2.75) is 44.1 Å². The molecular weight excluding hydrogens is 554 g/mol. The van der Waals surface area contributed by atoms with Gasteiger partial charge in [0, 0.05) is 23.7 Å². The van der Waals surface area contributed by atoms with Gasteiger partial charge in [0.25, 0.3) is 0 Å². The second-order valence-corrected chi connectivity index (χ2v) is 9.08. The van der Waals surface area contributed by atoms with E-state index in [0.717, 1.165) is 18.5 Å². The summed E-state index contributed by atoms with van der Waals surface area (Å²) in [7, 11) is 0. The van der Waals surface area contributed by atoms with Crippen LogP contribution in [-0.4, -0.2) is 47.3 Å². The molecule has 0 radical (unpaired) electrons. The number of aliphatic imine (C=N–C) groups is 2. The van der Waals surface area contributed by atoms with Crippen LogP contribution in [0.25, 0.3) is 0 Å². The van der Waals surface area contributed by atoms with Gasteiger partial charge in [0.15, 0.2) is 0 Å². The van der Waals surface area contributed by atoms with Gasteiger partial charge in [0.05, 0.1) is 29.8 Å². The number of hydrogen-bond acceptors (Lipinski definition) is 6. The molecule has 10 heteroatoms. The minimum atomic E-state index is -4.76. The number of carbonyl (C=O) groups excluding carboxylic acids is 1. The van der Waals surface area contributed by atoms with Crippen molar-refractivity contribution in [3.63, 3.8) is 0 Å². The van der Waals surface area contributed by atoms with Crippen molar-refractivity contribution in [3.8, 4) is 0 Å². The average Bonchev–Trinajstić information content (AvgIpc) is 3.35. The number of halogens is 3. The molecule has 1 aliphatic rings. The van der Waals surface area contributed by atoms with E-state index >= 15 is 0 Å². The molecule has 39 heavy (non-hydrogen) atoms. The third-order valence-electron chi connectivity index (χ3n) is 6.30. The smallest absolute Gasteiger partial charge is 0.861 e. The van der Waals surface area contributed by atoms with Crippen LogP contribution in [0.3, 0.4) is 0 Å². The van der Waals surface area contributed by atoms with E-state index in [4.69, 9.17) is 0 Å². The van der Waals surface area contributed by atoms with Crippen molar-refractivity contribution in [1.82, 2.24) is 4.90 Å². The molecular formula is C29H26F3N3NiO3. The van der Waals surface area contributed by atoms with Gasteiger partial charge in [-0.15, -0.1) is 0 Å². The monoisotopic (exact) mass is 579 g/mol. The molecule has 206 valence electrons. The summed E-state index contributed by atoms with van der Waals surface area (Å²) in [5.41, 5.74) is 1.92. The minimum Gasteiger partial charge on any atom is -0.861 e. The number of nitrogens with zero attached hydrogens (tertiary/aromatic N) is 3. The predicted molar refractivity (Wildman–Crippen MR) is 135 cm³/mol. The van der Waals surface area contributed by atoms with Crippen LogP contribution in [0, 0.1) is 0 Å². The number of likely N-dealkylation sites (tertiary alicyclic amines) is 1. The Kier molecular flexibility index (Phi) is 10.4. The van der Waals surface area contributed by atoms with E-state index in [0.29, 0.717) is 18.5 Å². The van der Waals surface area contributed by atoms with Gasteiger partial charge in [-0.05, 0) is 36.9 Å². The molecule has 0 bridgehead atoms. The van der Waals surface area contributed by atoms with Gasteiger partial charge in [-0.25, -0.2) is 0 Å². The van der Waals surface area contributed by atoms with Crippen molar-refractivity contribution in [1.29, 1.82) is 0 Å². The van der Waals surface area contributed by atoms with Crippen molar-refractivity contribution in [2.75, 3.05) is 6.54 Å². The maximum Gasteiger partial charge on any atom is 2.00 e. The standard InChI is InChI=1S/C29H28F3N3O3.Ni/c30-29(31,32)18-24(28(37)38)33-26(21-12-5-2-6-13-21)22-14-7-8-15-23(22)34-27(36)25-16-9-17-35(25)19-20-10-3-1-4-11-20;/h1-8,10-15,24-25H,9,16-19H2,(H,34,36)(H,37,38);/q;+2/p-2/t24-,25-;/m0./s1. The number of benzene rings is 3. The summed E-state index contributed by atoms with van der Waals surface area (Å²) in [6.45, 7) is 1.33. The van der Waals surface area contributed by atoms with Gasteiger partial charge in [0.2, 0.25) is 0 Å². The largest absolute Gasteiger partial charge is 2.00 e. The maximum atomic E-state index is 13.3. The number of carboxylic acids is 1. The molecule has 3 aromatic carbocycles. The molecule has 0 unspecified atom stereocenters. The van der Waals surface area contributed by atoms with Gasteiger partial charge < -0.3 is 15.0 Å². The maximum absolute atomic E-state index is 13.3. The zero-order valence-corrected chi connectivity index (χ0v) is 21.8. The fourth-order valence-corrected chi connectivity index (χ4v) is 4.53. The molecule has 0 aliphatic carbocycles. The fraction of sp³-hybridized carbons (Fsp3) is 0.276. The first-order valence-electron chi connectivity index (χ1n) is 12.2. The van der Waals surface area contributed by atoms with E-state index in [1.165, 1.54) is 0 Å². The van der Waals surface area contributed by atoms with Crippen LogP contribution in [0.2, 0.25) is 0 Å². The van der Waals surface area contributed by atoms with Gasteiger partial charge >= 0.3 is 22.7 Å². The zero-order chi connectivity index (χ0) is 27.1. The summed E-state index contributed by atoms with van der Waals surface area (Å²) in [6.07, 6.45) is -4.97. The number of alkyl halides is 3. The molecule has 1 fully saturated rings. The molecule has 0 saturated carbocycles. The molecule has 4 rings (SSSR count). The Bertz CT molecular complexity index is 1300. The Labute approximate surface area is 234 Å². The molecule has 3 aromatic rings. The molecule has 1 aliphatic heterocycles. The molecule has 2 atom stereocenters. The van der Waals surface area contributed by atoms with Gasteiger partial charge in [-0.2, -0.15) is 13.2 Å². The van der Waals surface area contributed by atoms with E-state index in [1.807, 2.05) is 30.3 Å². The Hall–Kier alpha value is -3.49. The van der Waals surface area contributed by atoms with Gasteiger partial charge in [-0.3, -0.25) is 14.9 Å². The zero-order valence-electron chi connectivity index (χ0n) is 20.8. The Morgan fingerprint density at radius 1 is 0.949 bits per heavy atom. The minimum absolute atomic E-state index is 0. The molecule has 6 nitrogen and oxygen atoms in total. The number of aliphatic carboxylic acids is 1. The molecule has 0 aromatic heterocycles. The van der Waals surface area contributed by atoms with Crippen LogP contribution < -0.4 is 10.2 Å². The van der Waals surface area contributed by atoms with E-state index in [9.17, 15) is 28.2 Å². The number of hydrogen-bond donors (Lipinski definition) is 0. The van der Waals surface area contributed by atoms with Crippen LogP contribution in [0.15, 0.2) is 94.9 Å². The number of carbonyl (C=O) groups is 1. The summed E-state index contributed by atoms with van der Waals surface area (Å²) in [4.78, 5) is 22.0. The average molecular weight is 580 g/mol. The van der Waals surface area contributed by atoms with E-state index in [-0.39, 0.29) is 39.4 Å². The normalized spacial score (nSPS) is 17.5. The van der Waals surface area contributed by atoms with Crippen molar-refractivity contribution in [3.05, 3.63) is 102 Å². The molecule has 0 spiro atoms. The van der Waals surface area contributed by atoms with Crippen LogP contribution in [-0.2, 0) is 27.8 Å². The molecule has 1 saturated heterocycles. The third kappa shape index (κ3) is 8.25. The van der Waals surface area contributed by atoms with Crippen LogP contribution >= 0.6 is 0 Å². The first-order valence-corrected chi connectivity index (χ1v) is 12.2. The summed E-state index contributed by atoms with van der Waals surface area (Å²) in [5.74, 6) is -2.31. The van der Waals surface area contributed by atoms with E-state index in [1.54, 1.807) is 54.6 Å². The Balaban J connectivity index is 0.00000420. The summed E-state index contributed by atoms with van der Waals surface area (Å²) in [5, 5.41) is 24.9. The van der Waals surface area contributed by atoms with Crippen molar-refractivity contribution >= 4 is 23.3 Å². The summed E-state index contributed by atoms with van der Waals surface area (Å²) in [6, 6.07) is 21.8. The SMILES string of the molecule is O=C([O-])[C@H](CC(F)(F)F)N=C(c1ccccc1)c1ccccc1N=C([O-])[C@@H]1CCCN1Cc1ccccc1.[Ni+2]. The van der Waals surface area contributed by atoms with Crippen molar-refractivity contribution in [2.24, 2.45) is 9.98 Å². The topological polar surface area (TPSA) is 91.1 Å². The first-order chi connectivity index (χ1) is 18.2. The Morgan fingerprint density at radius 3 is 2.21 bits per heavy atom. The summed E-state index contributed by atoms with van der Waals surface area (Å²) >= 11 is 0. The predicted octanol–water partition coefficient (Wildman–Crippen LogP) is 3.65. The van der Waals surface area contributed by atoms with Crippen LogP contribution in [0.5, 0.6) is 0 Å².